The first kappa shape index (κ1) is 11.0. The Labute approximate surface area is 94.0 Å². The monoisotopic (exact) mass is 237 g/mol. The molecule has 1 aromatic heterocycles. The number of aromatic nitrogens is 1. The Morgan fingerprint density at radius 2 is 2.06 bits per heavy atom. The molecule has 1 heterocycles. The Bertz CT molecular complexity index is 635. The standard InChI is InChI=1S/C11H11NO3S/c1-8-6-9-4-3-5-10(11(9)12-7-8)16(13,14)15-2/h3-7H,1-2H3. The molecule has 4 nitrogen and oxygen atoms in total. The minimum Gasteiger partial charge on any atom is -0.270 e. The summed E-state index contributed by atoms with van der Waals surface area (Å²) in [5.41, 5.74) is 1.43. The van der Waals surface area contributed by atoms with Gasteiger partial charge in [0, 0.05) is 11.6 Å². The van der Waals surface area contributed by atoms with Crippen molar-refractivity contribution >= 4 is 21.0 Å². The number of rotatable bonds is 2. The van der Waals surface area contributed by atoms with Crippen LogP contribution in [-0.2, 0) is 14.3 Å². The lowest BCUT2D eigenvalue weighted by molar-refractivity contribution is 0.398. The normalized spacial score (nSPS) is 11.9. The number of para-hydroxylation sites is 1. The van der Waals surface area contributed by atoms with Crippen molar-refractivity contribution in [3.63, 3.8) is 0 Å². The summed E-state index contributed by atoms with van der Waals surface area (Å²) in [6.45, 7) is 1.91. The molecule has 2 rings (SSSR count). The first-order valence-corrected chi connectivity index (χ1v) is 6.11. The van der Waals surface area contributed by atoms with E-state index in [0.717, 1.165) is 18.1 Å². The Morgan fingerprint density at radius 3 is 2.75 bits per heavy atom. The summed E-state index contributed by atoms with van der Waals surface area (Å²) in [7, 11) is -2.56. The molecule has 0 aliphatic heterocycles. The van der Waals surface area contributed by atoms with Crippen molar-refractivity contribution in [3.05, 3.63) is 36.0 Å². The zero-order valence-electron chi connectivity index (χ0n) is 8.97. The highest BCUT2D eigenvalue weighted by Gasteiger charge is 2.17. The molecule has 0 saturated heterocycles. The Balaban J connectivity index is 2.82. The fourth-order valence-electron chi connectivity index (χ4n) is 1.53. The molecular formula is C11H11NO3S. The van der Waals surface area contributed by atoms with Crippen LogP contribution >= 0.6 is 0 Å². The highest BCUT2D eigenvalue weighted by atomic mass is 32.2. The molecule has 0 spiro atoms. The van der Waals surface area contributed by atoms with Crippen LogP contribution in [0.3, 0.4) is 0 Å². The molecule has 84 valence electrons. The van der Waals surface area contributed by atoms with E-state index in [4.69, 9.17) is 0 Å². The second kappa shape index (κ2) is 3.84. The quantitative estimate of drug-likeness (QED) is 0.748. The number of nitrogens with zero attached hydrogens (tertiary/aromatic N) is 1. The van der Waals surface area contributed by atoms with Gasteiger partial charge in [0.15, 0.2) is 0 Å². The van der Waals surface area contributed by atoms with Crippen molar-refractivity contribution in [2.75, 3.05) is 7.11 Å². The summed E-state index contributed by atoms with van der Waals surface area (Å²) in [5.74, 6) is 0. The fraction of sp³-hybridized carbons (Fsp3) is 0.182. The van der Waals surface area contributed by atoms with Gasteiger partial charge >= 0.3 is 0 Å². The van der Waals surface area contributed by atoms with E-state index in [1.165, 1.54) is 6.07 Å². The van der Waals surface area contributed by atoms with Gasteiger partial charge in [-0.15, -0.1) is 0 Å². The molecule has 16 heavy (non-hydrogen) atoms. The Hall–Kier alpha value is -1.46. The summed E-state index contributed by atoms with van der Waals surface area (Å²) in [6.07, 6.45) is 1.64. The van der Waals surface area contributed by atoms with Gasteiger partial charge in [-0.25, -0.2) is 0 Å². The van der Waals surface area contributed by atoms with E-state index in [-0.39, 0.29) is 4.90 Å². The van der Waals surface area contributed by atoms with Gasteiger partial charge in [-0.3, -0.25) is 9.17 Å². The van der Waals surface area contributed by atoms with Crippen LogP contribution in [0.25, 0.3) is 10.9 Å². The number of hydrogen-bond donors (Lipinski definition) is 0. The van der Waals surface area contributed by atoms with Crippen molar-refractivity contribution in [1.29, 1.82) is 0 Å². The zero-order chi connectivity index (χ0) is 11.8. The predicted octanol–water partition coefficient (Wildman–Crippen LogP) is 1.88. The minimum atomic E-state index is -3.70. The van der Waals surface area contributed by atoms with Crippen molar-refractivity contribution in [2.24, 2.45) is 0 Å². The van der Waals surface area contributed by atoms with E-state index in [9.17, 15) is 8.42 Å². The maximum Gasteiger partial charge on any atom is 0.298 e. The molecule has 0 atom stereocenters. The summed E-state index contributed by atoms with van der Waals surface area (Å²) in [4.78, 5) is 4.24. The van der Waals surface area contributed by atoms with Crippen LogP contribution in [0.1, 0.15) is 5.56 Å². The van der Waals surface area contributed by atoms with Crippen molar-refractivity contribution < 1.29 is 12.6 Å². The van der Waals surface area contributed by atoms with E-state index in [2.05, 4.69) is 9.17 Å². The Morgan fingerprint density at radius 1 is 1.31 bits per heavy atom. The maximum atomic E-state index is 11.6. The van der Waals surface area contributed by atoms with Crippen LogP contribution in [0, 0.1) is 6.92 Å². The van der Waals surface area contributed by atoms with Gasteiger partial charge in [0.05, 0.1) is 12.6 Å². The van der Waals surface area contributed by atoms with Crippen LogP contribution in [0.5, 0.6) is 0 Å². The van der Waals surface area contributed by atoms with Crippen molar-refractivity contribution in [3.8, 4) is 0 Å². The molecule has 0 amide bonds. The molecule has 0 bridgehead atoms. The van der Waals surface area contributed by atoms with E-state index >= 15 is 0 Å². The third kappa shape index (κ3) is 1.79. The average molecular weight is 237 g/mol. The van der Waals surface area contributed by atoms with Gasteiger partial charge in [0.1, 0.15) is 4.90 Å². The molecule has 0 aliphatic rings. The second-order valence-corrected chi connectivity index (χ2v) is 5.14. The first-order valence-electron chi connectivity index (χ1n) is 4.70. The Kier molecular flexibility index (Phi) is 2.65. The van der Waals surface area contributed by atoms with E-state index in [1.54, 1.807) is 12.3 Å². The van der Waals surface area contributed by atoms with Crippen molar-refractivity contribution in [2.45, 2.75) is 11.8 Å². The smallest absolute Gasteiger partial charge is 0.270 e. The molecule has 0 radical (unpaired) electrons. The second-order valence-electron chi connectivity index (χ2n) is 3.46. The van der Waals surface area contributed by atoms with Crippen molar-refractivity contribution in [1.82, 2.24) is 4.98 Å². The number of aryl methyl sites for hydroxylation is 1. The molecular weight excluding hydrogens is 226 g/mol. The summed E-state index contributed by atoms with van der Waals surface area (Å²) >= 11 is 0. The SMILES string of the molecule is COS(=O)(=O)c1cccc2cc(C)cnc12. The minimum absolute atomic E-state index is 0.104. The molecule has 2 aromatic rings. The van der Waals surface area contributed by atoms with Gasteiger partial charge in [0.25, 0.3) is 10.1 Å². The molecule has 1 aromatic carbocycles. The summed E-state index contributed by atoms with van der Waals surface area (Å²) in [5, 5.41) is 0.790. The largest absolute Gasteiger partial charge is 0.298 e. The third-order valence-corrected chi connectivity index (χ3v) is 3.61. The summed E-state index contributed by atoms with van der Waals surface area (Å²) in [6, 6.07) is 6.87. The molecule has 0 fully saturated rings. The molecule has 5 heteroatoms. The summed E-state index contributed by atoms with van der Waals surface area (Å²) < 4.78 is 27.8. The van der Waals surface area contributed by atoms with Crippen LogP contribution < -0.4 is 0 Å². The first-order chi connectivity index (χ1) is 7.54. The van der Waals surface area contributed by atoms with Crippen LogP contribution in [0.2, 0.25) is 0 Å². The van der Waals surface area contributed by atoms with Gasteiger partial charge in [-0.05, 0) is 24.6 Å². The van der Waals surface area contributed by atoms with Crippen LogP contribution in [0.4, 0.5) is 0 Å². The number of pyridine rings is 1. The lowest BCUT2D eigenvalue weighted by Gasteiger charge is -2.05. The lowest BCUT2D eigenvalue weighted by atomic mass is 10.2. The highest BCUT2D eigenvalue weighted by Crippen LogP contribution is 2.22. The highest BCUT2D eigenvalue weighted by molar-refractivity contribution is 7.87. The van der Waals surface area contributed by atoms with Gasteiger partial charge in [-0.1, -0.05) is 12.1 Å². The third-order valence-electron chi connectivity index (χ3n) is 2.30. The predicted molar refractivity (Wildman–Crippen MR) is 60.7 cm³/mol. The van der Waals surface area contributed by atoms with E-state index in [0.29, 0.717) is 5.52 Å². The van der Waals surface area contributed by atoms with Gasteiger partial charge < -0.3 is 0 Å². The van der Waals surface area contributed by atoms with Crippen LogP contribution in [0.15, 0.2) is 35.4 Å². The molecule has 0 N–H and O–H groups in total. The number of fused-ring (bicyclic) bond motifs is 1. The molecule has 0 aliphatic carbocycles. The van der Waals surface area contributed by atoms with E-state index < -0.39 is 10.1 Å². The average Bonchev–Trinajstić information content (AvgIpc) is 2.27. The molecule has 0 unspecified atom stereocenters. The lowest BCUT2D eigenvalue weighted by Crippen LogP contribution is -2.04. The van der Waals surface area contributed by atoms with Gasteiger partial charge in [-0.2, -0.15) is 8.42 Å². The van der Waals surface area contributed by atoms with E-state index in [1.807, 2.05) is 19.1 Å². The van der Waals surface area contributed by atoms with Gasteiger partial charge in [0.2, 0.25) is 0 Å². The number of hydrogen-bond acceptors (Lipinski definition) is 4. The fourth-order valence-corrected chi connectivity index (χ4v) is 2.37. The molecule has 0 saturated carbocycles. The topological polar surface area (TPSA) is 56.3 Å². The zero-order valence-corrected chi connectivity index (χ0v) is 9.78. The number of benzene rings is 1. The van der Waals surface area contributed by atoms with Crippen LogP contribution in [-0.4, -0.2) is 20.5 Å². The maximum absolute atomic E-state index is 11.6.